The molecule has 6 nitrogen and oxygen atoms in total. The highest BCUT2D eigenvalue weighted by molar-refractivity contribution is 6.03. The fourth-order valence-electron chi connectivity index (χ4n) is 2.33. The minimum Gasteiger partial charge on any atom is -0.462 e. The molecule has 1 aliphatic heterocycles. The highest BCUT2D eigenvalue weighted by atomic mass is 16.6. The summed E-state index contributed by atoms with van der Waals surface area (Å²) in [5, 5.41) is 15.6. The number of hydrogen-bond acceptors (Lipinski definition) is 5. The van der Waals surface area contributed by atoms with E-state index in [0.717, 1.165) is 10.6 Å². The number of hydrazone groups is 1. The summed E-state index contributed by atoms with van der Waals surface area (Å²) in [5.74, 6) is -1.38. The molecular formula is C16H20N2O4. The number of nitrogens with zero attached hydrogens (tertiary/aromatic N) is 2. The summed E-state index contributed by atoms with van der Waals surface area (Å²) in [5.41, 5.74) is -0.216. The highest BCUT2D eigenvalue weighted by Gasteiger charge is 2.51. The van der Waals surface area contributed by atoms with E-state index < -0.39 is 17.6 Å². The van der Waals surface area contributed by atoms with Gasteiger partial charge in [-0.15, -0.1) is 0 Å². The standard InChI is InChI=1S/C16H20N2O4/c1-4-13-10-16(21,15(20)22-5-2)18(17-13)14(19)12-8-6-7-11(3)9-12/h6-9,21H,4-5,10H2,1-3H3. The fraction of sp³-hybridized carbons (Fsp3) is 0.438. The molecule has 1 aromatic rings. The van der Waals surface area contributed by atoms with Crippen molar-refractivity contribution in [3.05, 3.63) is 35.4 Å². The van der Waals surface area contributed by atoms with Crippen molar-refractivity contribution < 1.29 is 19.4 Å². The molecule has 1 amide bonds. The van der Waals surface area contributed by atoms with Crippen LogP contribution < -0.4 is 0 Å². The number of rotatable bonds is 4. The van der Waals surface area contributed by atoms with Gasteiger partial charge in [0, 0.05) is 17.7 Å². The van der Waals surface area contributed by atoms with E-state index in [4.69, 9.17) is 4.74 Å². The van der Waals surface area contributed by atoms with Crippen LogP contribution in [0, 0.1) is 6.92 Å². The quantitative estimate of drug-likeness (QED) is 0.861. The molecule has 1 aromatic carbocycles. The van der Waals surface area contributed by atoms with E-state index in [1.165, 1.54) is 0 Å². The average molecular weight is 304 g/mol. The number of esters is 1. The summed E-state index contributed by atoms with van der Waals surface area (Å²) in [6.07, 6.45) is 0.513. The van der Waals surface area contributed by atoms with E-state index >= 15 is 0 Å². The molecule has 0 bridgehead atoms. The smallest absolute Gasteiger partial charge is 0.362 e. The monoisotopic (exact) mass is 304 g/mol. The molecule has 1 atom stereocenters. The summed E-state index contributed by atoms with van der Waals surface area (Å²) in [7, 11) is 0. The Balaban J connectivity index is 2.37. The van der Waals surface area contributed by atoms with E-state index in [1.54, 1.807) is 25.1 Å². The van der Waals surface area contributed by atoms with Gasteiger partial charge in [0.05, 0.1) is 6.61 Å². The van der Waals surface area contributed by atoms with E-state index in [2.05, 4.69) is 5.10 Å². The molecule has 6 heteroatoms. The first kappa shape index (κ1) is 16.2. The maximum Gasteiger partial charge on any atom is 0.362 e. The Hall–Kier alpha value is -2.21. The van der Waals surface area contributed by atoms with Gasteiger partial charge in [0.25, 0.3) is 11.6 Å². The minimum atomic E-state index is -2.07. The van der Waals surface area contributed by atoms with E-state index in [-0.39, 0.29) is 13.0 Å². The average Bonchev–Trinajstić information content (AvgIpc) is 2.85. The van der Waals surface area contributed by atoms with Gasteiger partial charge in [-0.1, -0.05) is 24.6 Å². The van der Waals surface area contributed by atoms with Crippen LogP contribution in [0.5, 0.6) is 0 Å². The largest absolute Gasteiger partial charge is 0.462 e. The van der Waals surface area contributed by atoms with Crippen molar-refractivity contribution in [1.82, 2.24) is 5.01 Å². The third-order valence-electron chi connectivity index (χ3n) is 3.51. The molecule has 0 saturated heterocycles. The Morgan fingerprint density at radius 3 is 2.73 bits per heavy atom. The van der Waals surface area contributed by atoms with Crippen molar-refractivity contribution in [3.63, 3.8) is 0 Å². The highest BCUT2D eigenvalue weighted by Crippen LogP contribution is 2.29. The molecule has 0 saturated carbocycles. The lowest BCUT2D eigenvalue weighted by molar-refractivity contribution is -0.179. The first-order valence-electron chi connectivity index (χ1n) is 7.29. The zero-order valence-corrected chi connectivity index (χ0v) is 13.0. The second-order valence-corrected chi connectivity index (χ2v) is 5.22. The Labute approximate surface area is 129 Å². The SMILES string of the molecule is CCOC(=O)C1(O)CC(CC)=NN1C(=O)c1cccc(C)c1. The molecule has 1 unspecified atom stereocenters. The first-order chi connectivity index (χ1) is 10.4. The van der Waals surface area contributed by atoms with Crippen LogP contribution in [0.15, 0.2) is 29.4 Å². The number of carbonyl (C=O) groups is 2. The topological polar surface area (TPSA) is 79.2 Å². The zero-order chi connectivity index (χ0) is 16.3. The van der Waals surface area contributed by atoms with Crippen LogP contribution in [0.3, 0.4) is 0 Å². The van der Waals surface area contributed by atoms with Gasteiger partial charge in [-0.2, -0.15) is 10.1 Å². The number of aryl methyl sites for hydroxylation is 1. The zero-order valence-electron chi connectivity index (χ0n) is 13.0. The van der Waals surface area contributed by atoms with Gasteiger partial charge in [0.1, 0.15) is 0 Å². The van der Waals surface area contributed by atoms with Gasteiger partial charge in [0.15, 0.2) is 0 Å². The summed E-state index contributed by atoms with van der Waals surface area (Å²) in [4.78, 5) is 24.7. The molecule has 0 aliphatic carbocycles. The van der Waals surface area contributed by atoms with Crippen molar-refractivity contribution in [2.45, 2.75) is 39.3 Å². The molecule has 0 radical (unpaired) electrons. The number of amides is 1. The Morgan fingerprint density at radius 1 is 1.41 bits per heavy atom. The van der Waals surface area contributed by atoms with Gasteiger partial charge in [0.2, 0.25) is 0 Å². The summed E-state index contributed by atoms with van der Waals surface area (Å²) < 4.78 is 4.91. The molecule has 22 heavy (non-hydrogen) atoms. The summed E-state index contributed by atoms with van der Waals surface area (Å²) >= 11 is 0. The van der Waals surface area contributed by atoms with Gasteiger partial charge >= 0.3 is 5.97 Å². The third kappa shape index (κ3) is 2.87. The molecule has 0 aromatic heterocycles. The first-order valence-corrected chi connectivity index (χ1v) is 7.29. The molecule has 1 heterocycles. The molecule has 0 spiro atoms. The molecule has 118 valence electrons. The van der Waals surface area contributed by atoms with Crippen LogP contribution in [0.4, 0.5) is 0 Å². The van der Waals surface area contributed by atoms with Crippen LogP contribution in [-0.2, 0) is 9.53 Å². The molecule has 0 fully saturated rings. The number of aliphatic hydroxyl groups is 1. The van der Waals surface area contributed by atoms with E-state index in [0.29, 0.717) is 17.7 Å². The molecular weight excluding hydrogens is 284 g/mol. The van der Waals surface area contributed by atoms with Crippen molar-refractivity contribution >= 4 is 17.6 Å². The maximum absolute atomic E-state index is 12.6. The Bertz CT molecular complexity index is 626. The lowest BCUT2D eigenvalue weighted by atomic mass is 10.0. The second kappa shape index (κ2) is 6.27. The Morgan fingerprint density at radius 2 is 2.14 bits per heavy atom. The van der Waals surface area contributed by atoms with Gasteiger partial charge in [-0.3, -0.25) is 4.79 Å². The maximum atomic E-state index is 12.6. The molecule has 1 aliphatic rings. The van der Waals surface area contributed by atoms with Gasteiger partial charge in [-0.25, -0.2) is 4.79 Å². The van der Waals surface area contributed by atoms with Crippen LogP contribution in [-0.4, -0.2) is 40.0 Å². The number of ether oxygens (including phenoxy) is 1. The van der Waals surface area contributed by atoms with Crippen LogP contribution in [0.2, 0.25) is 0 Å². The van der Waals surface area contributed by atoms with Crippen molar-refractivity contribution in [2.24, 2.45) is 5.10 Å². The van der Waals surface area contributed by atoms with E-state index in [1.807, 2.05) is 19.9 Å². The third-order valence-corrected chi connectivity index (χ3v) is 3.51. The lowest BCUT2D eigenvalue weighted by Gasteiger charge is -2.28. The normalized spacial score (nSPS) is 20.7. The molecule has 1 N–H and O–H groups in total. The van der Waals surface area contributed by atoms with Gasteiger partial charge < -0.3 is 9.84 Å². The predicted octanol–water partition coefficient (Wildman–Crippen LogP) is 1.86. The van der Waals surface area contributed by atoms with Crippen molar-refractivity contribution in [3.8, 4) is 0 Å². The van der Waals surface area contributed by atoms with Gasteiger partial charge in [-0.05, 0) is 32.4 Å². The number of hydrogen-bond donors (Lipinski definition) is 1. The fourth-order valence-corrected chi connectivity index (χ4v) is 2.33. The van der Waals surface area contributed by atoms with Crippen molar-refractivity contribution in [2.75, 3.05) is 6.61 Å². The Kier molecular flexibility index (Phi) is 4.61. The predicted molar refractivity (Wildman–Crippen MR) is 81.3 cm³/mol. The molecule has 2 rings (SSSR count). The second-order valence-electron chi connectivity index (χ2n) is 5.22. The minimum absolute atomic E-state index is 0.0279. The van der Waals surface area contributed by atoms with Crippen LogP contribution in [0.25, 0.3) is 0 Å². The lowest BCUT2D eigenvalue weighted by Crippen LogP contribution is -2.53. The summed E-state index contributed by atoms with van der Waals surface area (Å²) in [6.45, 7) is 5.48. The summed E-state index contributed by atoms with van der Waals surface area (Å²) in [6, 6.07) is 6.92. The number of benzene rings is 1. The van der Waals surface area contributed by atoms with Crippen LogP contribution >= 0.6 is 0 Å². The van der Waals surface area contributed by atoms with E-state index in [9.17, 15) is 14.7 Å². The van der Waals surface area contributed by atoms with Crippen molar-refractivity contribution in [1.29, 1.82) is 0 Å². The van der Waals surface area contributed by atoms with Crippen LogP contribution in [0.1, 0.15) is 42.6 Å². The number of carbonyl (C=O) groups excluding carboxylic acids is 2.